The van der Waals surface area contributed by atoms with Crippen LogP contribution in [0.15, 0.2) is 71.4 Å². The largest absolute Gasteiger partial charge is 0.490 e. The molecular weight excluding hydrogens is 382 g/mol. The van der Waals surface area contributed by atoms with Crippen LogP contribution in [0.25, 0.3) is 16.8 Å². The first kappa shape index (κ1) is 19.4. The van der Waals surface area contributed by atoms with Crippen molar-refractivity contribution < 1.29 is 23.8 Å². The molecule has 150 valence electrons. The Labute approximate surface area is 173 Å². The minimum Gasteiger partial charge on any atom is -0.490 e. The summed E-state index contributed by atoms with van der Waals surface area (Å²) in [6.07, 6.45) is 1.61. The third-order valence-electron chi connectivity index (χ3n) is 4.44. The van der Waals surface area contributed by atoms with Gasteiger partial charge in [0, 0.05) is 12.5 Å². The highest BCUT2D eigenvalue weighted by Crippen LogP contribution is 2.30. The average molecular weight is 401 g/mol. The molecule has 30 heavy (non-hydrogen) atoms. The van der Waals surface area contributed by atoms with Crippen LogP contribution >= 0.6 is 0 Å². The van der Waals surface area contributed by atoms with Crippen LogP contribution in [0.5, 0.6) is 11.5 Å². The summed E-state index contributed by atoms with van der Waals surface area (Å²) in [5, 5.41) is 2.13. The second-order valence-electron chi connectivity index (χ2n) is 6.63. The van der Waals surface area contributed by atoms with Gasteiger partial charge in [-0.2, -0.15) is 0 Å². The second-order valence-corrected chi connectivity index (χ2v) is 6.63. The third kappa shape index (κ3) is 4.07. The van der Waals surface area contributed by atoms with Crippen molar-refractivity contribution in [1.82, 2.24) is 0 Å². The summed E-state index contributed by atoms with van der Waals surface area (Å²) < 4.78 is 16.1. The summed E-state index contributed by atoms with van der Waals surface area (Å²) in [7, 11) is 0. The summed E-state index contributed by atoms with van der Waals surface area (Å²) >= 11 is 0. The van der Waals surface area contributed by atoms with Gasteiger partial charge >= 0.3 is 11.9 Å². The van der Waals surface area contributed by atoms with Gasteiger partial charge < -0.3 is 14.2 Å². The second kappa shape index (κ2) is 8.21. The summed E-state index contributed by atoms with van der Waals surface area (Å²) in [4.78, 5) is 28.0. The van der Waals surface area contributed by atoms with Crippen molar-refractivity contribution in [2.24, 2.45) is 4.99 Å². The number of ether oxygens (including phenoxy) is 3. The van der Waals surface area contributed by atoms with Gasteiger partial charge in [-0.3, -0.25) is 4.79 Å². The standard InChI is InChI=1S/C24H19NO5/c1-3-28-22-13-16(8-11-21(22)29-15(2)26)12-20-24(27)30-23(25-20)19-10-9-17-6-4-5-7-18(17)14-19/h4-14H,3H2,1-2H3. The zero-order chi connectivity index (χ0) is 21.1. The first-order valence-electron chi connectivity index (χ1n) is 9.50. The molecule has 1 heterocycles. The van der Waals surface area contributed by atoms with Crippen LogP contribution in [0.3, 0.4) is 0 Å². The van der Waals surface area contributed by atoms with Crippen LogP contribution in [0.1, 0.15) is 25.0 Å². The molecule has 0 N–H and O–H groups in total. The zero-order valence-corrected chi connectivity index (χ0v) is 16.5. The zero-order valence-electron chi connectivity index (χ0n) is 16.5. The fourth-order valence-corrected chi connectivity index (χ4v) is 3.13. The average Bonchev–Trinajstić information content (AvgIpc) is 3.10. The molecule has 0 atom stereocenters. The van der Waals surface area contributed by atoms with E-state index in [1.807, 2.05) is 49.4 Å². The number of hydrogen-bond donors (Lipinski definition) is 0. The molecule has 3 aromatic carbocycles. The van der Waals surface area contributed by atoms with Gasteiger partial charge in [-0.1, -0.05) is 36.4 Å². The van der Waals surface area contributed by atoms with Gasteiger partial charge in [0.1, 0.15) is 0 Å². The fraction of sp³-hybridized carbons (Fsp3) is 0.125. The van der Waals surface area contributed by atoms with E-state index in [2.05, 4.69) is 4.99 Å². The summed E-state index contributed by atoms with van der Waals surface area (Å²) in [5.41, 5.74) is 1.58. The molecule has 4 rings (SSSR count). The highest BCUT2D eigenvalue weighted by atomic mass is 16.6. The van der Waals surface area contributed by atoms with Crippen molar-refractivity contribution >= 4 is 34.7 Å². The van der Waals surface area contributed by atoms with Gasteiger partial charge in [0.05, 0.1) is 6.61 Å². The molecule has 6 nitrogen and oxygen atoms in total. The molecule has 0 amide bonds. The van der Waals surface area contributed by atoms with Gasteiger partial charge in [-0.05, 0) is 53.6 Å². The number of carbonyl (C=O) groups is 2. The summed E-state index contributed by atoms with van der Waals surface area (Å²) in [6, 6.07) is 18.7. The highest BCUT2D eigenvalue weighted by Gasteiger charge is 2.24. The Morgan fingerprint density at radius 2 is 1.83 bits per heavy atom. The molecule has 1 aliphatic heterocycles. The van der Waals surface area contributed by atoms with Crippen molar-refractivity contribution in [2.45, 2.75) is 13.8 Å². The molecule has 1 aliphatic rings. The molecule has 0 spiro atoms. The minimum absolute atomic E-state index is 0.181. The van der Waals surface area contributed by atoms with E-state index in [-0.39, 0.29) is 11.6 Å². The molecule has 0 bridgehead atoms. The minimum atomic E-state index is -0.528. The van der Waals surface area contributed by atoms with Gasteiger partial charge in [-0.25, -0.2) is 9.79 Å². The van der Waals surface area contributed by atoms with Crippen LogP contribution in [-0.2, 0) is 14.3 Å². The first-order chi connectivity index (χ1) is 14.5. The predicted molar refractivity (Wildman–Crippen MR) is 113 cm³/mol. The lowest BCUT2D eigenvalue weighted by atomic mass is 10.1. The van der Waals surface area contributed by atoms with Crippen LogP contribution < -0.4 is 9.47 Å². The predicted octanol–water partition coefficient (Wildman–Crippen LogP) is 4.51. The Hall–Kier alpha value is -3.93. The van der Waals surface area contributed by atoms with E-state index in [1.165, 1.54) is 6.92 Å². The molecule has 3 aromatic rings. The lowest BCUT2D eigenvalue weighted by Gasteiger charge is -2.10. The maximum absolute atomic E-state index is 12.3. The quantitative estimate of drug-likeness (QED) is 0.357. The van der Waals surface area contributed by atoms with Gasteiger partial charge in [0.2, 0.25) is 5.90 Å². The van der Waals surface area contributed by atoms with Gasteiger partial charge in [-0.15, -0.1) is 0 Å². The summed E-state index contributed by atoms with van der Waals surface area (Å²) in [5.74, 6) is 0.0257. The van der Waals surface area contributed by atoms with Crippen LogP contribution in [-0.4, -0.2) is 24.4 Å². The highest BCUT2D eigenvalue weighted by molar-refractivity contribution is 6.13. The SMILES string of the molecule is CCOc1cc(C=C2N=C(c3ccc4ccccc4c3)OC2=O)ccc1OC(C)=O. The number of nitrogens with zero attached hydrogens (tertiary/aromatic N) is 1. The molecule has 0 saturated heterocycles. The van der Waals surface area contributed by atoms with Crippen LogP contribution in [0.2, 0.25) is 0 Å². The van der Waals surface area contributed by atoms with Crippen molar-refractivity contribution in [3.05, 3.63) is 77.5 Å². The Bertz CT molecular complexity index is 1210. The van der Waals surface area contributed by atoms with E-state index < -0.39 is 11.9 Å². The Morgan fingerprint density at radius 1 is 1.03 bits per heavy atom. The normalized spacial score (nSPS) is 14.5. The number of rotatable bonds is 5. The lowest BCUT2D eigenvalue weighted by molar-refractivity contribution is -0.132. The maximum Gasteiger partial charge on any atom is 0.363 e. The molecule has 0 saturated carbocycles. The Morgan fingerprint density at radius 3 is 2.60 bits per heavy atom. The van der Waals surface area contributed by atoms with E-state index in [0.717, 1.165) is 16.3 Å². The van der Waals surface area contributed by atoms with Crippen molar-refractivity contribution in [3.63, 3.8) is 0 Å². The number of esters is 2. The van der Waals surface area contributed by atoms with E-state index in [0.29, 0.717) is 23.7 Å². The number of hydrogen-bond acceptors (Lipinski definition) is 6. The molecule has 6 heteroatoms. The fourth-order valence-electron chi connectivity index (χ4n) is 3.13. The topological polar surface area (TPSA) is 74.2 Å². The molecule has 0 fully saturated rings. The Kier molecular flexibility index (Phi) is 5.30. The molecule has 0 aliphatic carbocycles. The lowest BCUT2D eigenvalue weighted by Crippen LogP contribution is -2.05. The van der Waals surface area contributed by atoms with Crippen molar-refractivity contribution in [3.8, 4) is 11.5 Å². The third-order valence-corrected chi connectivity index (χ3v) is 4.44. The molecular formula is C24H19NO5. The monoisotopic (exact) mass is 401 g/mol. The molecule has 0 unspecified atom stereocenters. The van der Waals surface area contributed by atoms with Gasteiger partial charge in [0.15, 0.2) is 17.2 Å². The van der Waals surface area contributed by atoms with E-state index in [4.69, 9.17) is 14.2 Å². The first-order valence-corrected chi connectivity index (χ1v) is 9.50. The summed E-state index contributed by atoms with van der Waals surface area (Å²) in [6.45, 7) is 3.56. The van der Waals surface area contributed by atoms with Crippen LogP contribution in [0.4, 0.5) is 0 Å². The number of fused-ring (bicyclic) bond motifs is 1. The van der Waals surface area contributed by atoms with Crippen molar-refractivity contribution in [2.75, 3.05) is 6.61 Å². The molecule has 0 aromatic heterocycles. The number of aliphatic imine (C=N–C) groups is 1. The van der Waals surface area contributed by atoms with E-state index in [9.17, 15) is 9.59 Å². The number of cyclic esters (lactones) is 1. The number of benzene rings is 3. The smallest absolute Gasteiger partial charge is 0.363 e. The maximum atomic E-state index is 12.3. The Balaban J connectivity index is 1.66. The van der Waals surface area contributed by atoms with Crippen LogP contribution in [0, 0.1) is 0 Å². The van der Waals surface area contributed by atoms with E-state index in [1.54, 1.807) is 24.3 Å². The molecule has 0 radical (unpaired) electrons. The van der Waals surface area contributed by atoms with E-state index >= 15 is 0 Å². The van der Waals surface area contributed by atoms with Gasteiger partial charge in [0.25, 0.3) is 0 Å². The number of carbonyl (C=O) groups excluding carboxylic acids is 2. The van der Waals surface area contributed by atoms with Crippen molar-refractivity contribution in [1.29, 1.82) is 0 Å².